The van der Waals surface area contributed by atoms with Gasteiger partial charge in [-0.1, -0.05) is 0 Å². The third kappa shape index (κ3) is 9.73. The van der Waals surface area contributed by atoms with Crippen molar-refractivity contribution in [3.8, 4) is 0 Å². The molecule has 0 spiro atoms. The first-order valence-electron chi connectivity index (χ1n) is 11.6. The van der Waals surface area contributed by atoms with E-state index in [1.807, 2.05) is 24.3 Å². The van der Waals surface area contributed by atoms with E-state index in [1.54, 1.807) is 48.5 Å². The Bertz CT molecular complexity index is 1400. The quantitative estimate of drug-likeness (QED) is 0.176. The Morgan fingerprint density at radius 1 is 0.525 bits per heavy atom. The van der Waals surface area contributed by atoms with Crippen LogP contribution in [0.5, 0.6) is 0 Å². The first-order valence-corrected chi connectivity index (χ1v) is 20.1. The van der Waals surface area contributed by atoms with Crippen LogP contribution in [0.1, 0.15) is 20.7 Å². The van der Waals surface area contributed by atoms with Crippen LogP contribution in [0.25, 0.3) is 0 Å². The van der Waals surface area contributed by atoms with Gasteiger partial charge in [0.25, 0.3) is 0 Å². The van der Waals surface area contributed by atoms with Crippen molar-refractivity contribution in [1.82, 2.24) is 10.6 Å². The summed E-state index contributed by atoms with van der Waals surface area (Å²) in [5, 5.41) is 13.1. The summed E-state index contributed by atoms with van der Waals surface area (Å²) in [4.78, 5) is 24.7. The molecule has 2 amide bonds. The van der Waals surface area contributed by atoms with E-state index in [1.165, 1.54) is 8.92 Å². The number of anilines is 2. The zero-order valence-corrected chi connectivity index (χ0v) is 28.8. The van der Waals surface area contributed by atoms with E-state index in [2.05, 4.69) is 76.7 Å². The molecule has 4 aromatic rings. The van der Waals surface area contributed by atoms with Crippen LogP contribution < -0.4 is 30.2 Å². The Labute approximate surface area is 269 Å². The Balaban J connectivity index is 1.21. The van der Waals surface area contributed by atoms with Crippen molar-refractivity contribution in [3.63, 3.8) is 0 Å². The van der Waals surface area contributed by atoms with Gasteiger partial charge in [-0.15, -0.1) is 0 Å². The summed E-state index contributed by atoms with van der Waals surface area (Å²) in [5.74, 6) is -0.452. The number of benzene rings is 4. The van der Waals surface area contributed by atoms with Crippen LogP contribution in [0.4, 0.5) is 11.4 Å². The number of amides is 2. The van der Waals surface area contributed by atoms with Gasteiger partial charge in [0, 0.05) is 0 Å². The number of carbonyl (C=O) groups is 2. The van der Waals surface area contributed by atoms with Crippen molar-refractivity contribution in [1.29, 1.82) is 0 Å². The van der Waals surface area contributed by atoms with Crippen LogP contribution in [0.3, 0.4) is 0 Å². The first kappa shape index (κ1) is 30.8. The average Bonchev–Trinajstić information content (AvgIpc) is 2.94. The summed E-state index contributed by atoms with van der Waals surface area (Å²) in [5.41, 5.74) is 2.80. The molecule has 0 aliphatic heterocycles. The molecule has 12 heteroatoms. The Kier molecular flexibility index (Phi) is 11.7. The Hall–Kier alpha value is -2.18. The van der Waals surface area contributed by atoms with Crippen molar-refractivity contribution in [2.75, 3.05) is 10.6 Å². The molecule has 0 aliphatic rings. The van der Waals surface area contributed by atoms with Gasteiger partial charge >= 0.3 is 271 Å². The zero-order chi connectivity index (χ0) is 28.5. The number of hydrogen-bond donors (Lipinski definition) is 4. The predicted molar refractivity (Wildman–Crippen MR) is 170 cm³/mol. The van der Waals surface area contributed by atoms with Gasteiger partial charge in [-0.05, 0) is 0 Å². The van der Waals surface area contributed by atoms with E-state index < -0.39 is 0 Å². The number of nitrogens with one attached hydrogen (secondary N) is 4. The number of rotatable bonds is 11. The van der Waals surface area contributed by atoms with Gasteiger partial charge in [-0.3, -0.25) is 0 Å². The van der Waals surface area contributed by atoms with Gasteiger partial charge in [-0.25, -0.2) is 0 Å². The van der Waals surface area contributed by atoms with Crippen LogP contribution in [-0.4, -0.2) is 78.6 Å². The third-order valence-corrected chi connectivity index (χ3v) is 13.7. The van der Waals surface area contributed by atoms with Gasteiger partial charge in [-0.2, -0.15) is 0 Å². The van der Waals surface area contributed by atoms with Gasteiger partial charge in [0.1, 0.15) is 0 Å². The predicted octanol–water partition coefficient (Wildman–Crippen LogP) is 2.46. The number of carbonyl (C=O) groups excluding carboxylic acids is 2. The van der Waals surface area contributed by atoms with E-state index >= 15 is 0 Å². The molecule has 0 saturated heterocycles. The fourth-order valence-electron chi connectivity index (χ4n) is 3.16. The second-order valence-electron chi connectivity index (χ2n) is 8.05. The SMILES string of the molecule is O=C(NC(=[Se])Nc1ccc([Se][Se]c2ccc(NC(=[Se])NC(=O)c3ccc(Cl)cc3)cc2)cc1)c1ccc(Cl)cc1. The first-order chi connectivity index (χ1) is 19.2. The Morgan fingerprint density at radius 2 is 0.850 bits per heavy atom. The molecular weight excluding hydrogens is 811 g/mol. The van der Waals surface area contributed by atoms with Crippen LogP contribution in [0.15, 0.2) is 97.1 Å². The van der Waals surface area contributed by atoms with E-state index in [-0.39, 0.29) is 11.8 Å². The van der Waals surface area contributed by atoms with Gasteiger partial charge in [0.05, 0.1) is 0 Å². The van der Waals surface area contributed by atoms with Crippen molar-refractivity contribution >= 4 is 122 Å². The second-order valence-corrected chi connectivity index (χ2v) is 16.9. The molecule has 40 heavy (non-hydrogen) atoms. The zero-order valence-electron chi connectivity index (χ0n) is 20.4. The fraction of sp³-hybridized carbons (Fsp3) is 0. The molecule has 0 aromatic heterocycles. The summed E-state index contributed by atoms with van der Waals surface area (Å²) < 4.78 is 3.61. The van der Waals surface area contributed by atoms with E-state index in [0.29, 0.717) is 56.8 Å². The molecule has 0 radical (unpaired) electrons. The third-order valence-electron chi connectivity index (χ3n) is 5.13. The summed E-state index contributed by atoms with van der Waals surface area (Å²) in [7, 11) is 0. The van der Waals surface area contributed by atoms with Crippen molar-refractivity contribution < 1.29 is 9.59 Å². The minimum atomic E-state index is -0.226. The van der Waals surface area contributed by atoms with E-state index in [4.69, 9.17) is 23.2 Å². The van der Waals surface area contributed by atoms with E-state index in [0.717, 1.165) is 11.4 Å². The second kappa shape index (κ2) is 15.2. The van der Waals surface area contributed by atoms with Crippen LogP contribution in [0.2, 0.25) is 10.0 Å². The van der Waals surface area contributed by atoms with Crippen LogP contribution >= 0.6 is 23.2 Å². The number of halogens is 2. The van der Waals surface area contributed by atoms with Gasteiger partial charge < -0.3 is 0 Å². The number of hydrogen-bond acceptors (Lipinski definition) is 4. The van der Waals surface area contributed by atoms with Crippen molar-refractivity contribution in [2.45, 2.75) is 0 Å². The van der Waals surface area contributed by atoms with Crippen molar-refractivity contribution in [2.24, 2.45) is 0 Å². The van der Waals surface area contributed by atoms with Crippen LogP contribution in [-0.2, 0) is 0 Å². The maximum absolute atomic E-state index is 12.4. The molecule has 6 nitrogen and oxygen atoms in total. The molecule has 202 valence electrons. The molecule has 0 bridgehead atoms. The minimum absolute atomic E-state index is 0.226. The topological polar surface area (TPSA) is 82.3 Å². The molecule has 0 aliphatic carbocycles. The van der Waals surface area contributed by atoms with Gasteiger partial charge in [0.15, 0.2) is 0 Å². The molecule has 0 unspecified atom stereocenters. The normalized spacial score (nSPS) is 10.3. The fourth-order valence-corrected chi connectivity index (χ4v) is 10.3. The monoisotopic (exact) mass is 834 g/mol. The van der Waals surface area contributed by atoms with E-state index in [9.17, 15) is 9.59 Å². The molecule has 4 N–H and O–H groups in total. The van der Waals surface area contributed by atoms with Crippen LogP contribution in [0, 0.1) is 0 Å². The average molecular weight is 831 g/mol. The standard InChI is InChI=1S/C28H20Cl2N4O2Se4/c29-19-5-1-17(2-6-19)25(35)33-27(37)31-21-9-13-23(14-10-21)39-40-24-15-11-22(12-16-24)32-28(38)34-26(36)18-3-7-20(30)8-4-18/h1-16H,(H2,31,33,35,37)(H2,32,34,36,38). The molecular formula is C28H20Cl2N4O2Se4. The summed E-state index contributed by atoms with van der Waals surface area (Å²) >= 11 is 18.1. The molecule has 0 heterocycles. The molecule has 4 rings (SSSR count). The van der Waals surface area contributed by atoms with Crippen molar-refractivity contribution in [3.05, 3.63) is 118 Å². The molecule has 0 fully saturated rings. The molecule has 0 saturated carbocycles. The molecule has 4 aromatic carbocycles. The summed E-state index contributed by atoms with van der Waals surface area (Å²) in [6, 6.07) is 29.8. The molecule has 0 atom stereocenters. The summed E-state index contributed by atoms with van der Waals surface area (Å²) in [6.07, 6.45) is 0. The van der Waals surface area contributed by atoms with Gasteiger partial charge in [0.2, 0.25) is 0 Å². The summed E-state index contributed by atoms with van der Waals surface area (Å²) in [6.45, 7) is 0. The Morgan fingerprint density at radius 3 is 1.18 bits per heavy atom. The maximum atomic E-state index is 12.4.